The van der Waals surface area contributed by atoms with E-state index < -0.39 is 22.5 Å². The van der Waals surface area contributed by atoms with Gasteiger partial charge in [0.1, 0.15) is 5.82 Å². The Balaban J connectivity index is 1.32. The van der Waals surface area contributed by atoms with Crippen molar-refractivity contribution < 1.29 is 22.0 Å². The predicted molar refractivity (Wildman–Crippen MR) is 125 cm³/mol. The first-order valence-corrected chi connectivity index (χ1v) is 12.7. The maximum atomic E-state index is 13.7. The zero-order chi connectivity index (χ0) is 24.3. The maximum Gasteiger partial charge on any atom is 0.320 e. The number of carbonyl (C=O) groups is 1. The number of hydrogen-bond donors (Lipinski definition) is 1. The van der Waals surface area contributed by atoms with Crippen LogP contribution in [0.25, 0.3) is 11.0 Å². The van der Waals surface area contributed by atoms with Crippen LogP contribution in [0, 0.1) is 0 Å². The van der Waals surface area contributed by atoms with Gasteiger partial charge < -0.3 is 10.2 Å². The van der Waals surface area contributed by atoms with Crippen LogP contribution in [0.5, 0.6) is 0 Å². The molecule has 1 saturated heterocycles. The number of imidazole rings is 1. The Bertz CT molecular complexity index is 1240. The number of nitrogens with one attached hydrogen (secondary N) is 1. The summed E-state index contributed by atoms with van der Waals surface area (Å²) in [6.07, 6.45) is 0. The molecule has 0 saturated carbocycles. The molecule has 8 nitrogen and oxygen atoms in total. The zero-order valence-electron chi connectivity index (χ0n) is 18.8. The van der Waals surface area contributed by atoms with Gasteiger partial charge in [0.25, 0.3) is 0 Å². The number of halogens is 2. The van der Waals surface area contributed by atoms with Crippen LogP contribution in [0.3, 0.4) is 0 Å². The second-order valence-electron chi connectivity index (χ2n) is 8.32. The largest absolute Gasteiger partial charge is 0.337 e. The smallest absolute Gasteiger partial charge is 0.320 e. The van der Waals surface area contributed by atoms with Gasteiger partial charge in [-0.1, -0.05) is 49.4 Å². The fourth-order valence-electron chi connectivity index (χ4n) is 4.10. The van der Waals surface area contributed by atoms with E-state index in [0.29, 0.717) is 16.6 Å². The predicted octanol–water partition coefficient (Wildman–Crippen LogP) is 3.39. The number of para-hydroxylation sites is 2. The average Bonchev–Trinajstić information content (AvgIpc) is 3.23. The van der Waals surface area contributed by atoms with Gasteiger partial charge >= 0.3 is 12.6 Å². The molecular formula is C23H27F2N5O3S. The number of urea groups is 1. The highest BCUT2D eigenvalue weighted by atomic mass is 32.2. The van der Waals surface area contributed by atoms with Crippen LogP contribution in [0.4, 0.5) is 13.6 Å². The van der Waals surface area contributed by atoms with Gasteiger partial charge in [0, 0.05) is 38.6 Å². The quantitative estimate of drug-likeness (QED) is 0.549. The number of rotatable bonds is 7. The van der Waals surface area contributed by atoms with Gasteiger partial charge in [-0.3, -0.25) is 4.57 Å². The summed E-state index contributed by atoms with van der Waals surface area (Å²) >= 11 is 0. The number of hydrogen-bond acceptors (Lipinski definition) is 4. The van der Waals surface area contributed by atoms with Gasteiger partial charge in [0.15, 0.2) is 0 Å². The molecule has 2 amide bonds. The van der Waals surface area contributed by atoms with Gasteiger partial charge in [0.2, 0.25) is 10.0 Å². The molecule has 182 valence electrons. The van der Waals surface area contributed by atoms with Gasteiger partial charge in [-0.15, -0.1) is 0 Å². The topological polar surface area (TPSA) is 87.5 Å². The van der Waals surface area contributed by atoms with Gasteiger partial charge in [-0.25, -0.2) is 18.2 Å². The summed E-state index contributed by atoms with van der Waals surface area (Å²) in [6.45, 7) is 0.0358. The molecule has 4 rings (SSSR count). The van der Waals surface area contributed by atoms with Crippen LogP contribution < -0.4 is 5.32 Å². The van der Waals surface area contributed by atoms with Crippen LogP contribution in [-0.4, -0.2) is 65.9 Å². The van der Waals surface area contributed by atoms with Crippen molar-refractivity contribution >= 4 is 27.1 Å². The molecular weight excluding hydrogens is 464 g/mol. The number of amides is 2. The molecule has 0 bridgehead atoms. The fraction of sp³-hybridized carbons (Fsp3) is 0.391. The van der Waals surface area contributed by atoms with Crippen LogP contribution in [0.2, 0.25) is 0 Å². The molecule has 1 N–H and O–H groups in total. The van der Waals surface area contributed by atoms with Crippen LogP contribution >= 0.6 is 0 Å². The first kappa shape index (κ1) is 24.1. The molecule has 0 aliphatic carbocycles. The molecule has 1 aromatic heterocycles. The van der Waals surface area contributed by atoms with Crippen molar-refractivity contribution in [3.8, 4) is 0 Å². The second-order valence-corrected chi connectivity index (χ2v) is 10.3. The number of alkyl halides is 2. The lowest BCUT2D eigenvalue weighted by atomic mass is 10.1. The summed E-state index contributed by atoms with van der Waals surface area (Å²) in [5.41, 5.74) is 1.54. The highest BCUT2D eigenvalue weighted by Gasteiger charge is 2.29. The molecule has 34 heavy (non-hydrogen) atoms. The minimum atomic E-state index is -3.48. The maximum absolute atomic E-state index is 13.7. The SMILES string of the molecule is CC(CNC(=O)N1CCN(S(=O)(=O)Cc2ccccc2)CC1)c1nc2ccccc2n1C(F)F. The van der Waals surface area contributed by atoms with E-state index in [-0.39, 0.29) is 50.3 Å². The lowest BCUT2D eigenvalue weighted by Crippen LogP contribution is -2.53. The van der Waals surface area contributed by atoms with E-state index in [1.165, 1.54) is 9.21 Å². The van der Waals surface area contributed by atoms with E-state index in [0.717, 1.165) is 4.57 Å². The van der Waals surface area contributed by atoms with E-state index in [4.69, 9.17) is 0 Å². The fourth-order valence-corrected chi connectivity index (χ4v) is 5.62. The molecule has 1 fully saturated rings. The normalized spacial score (nSPS) is 16.2. The Kier molecular flexibility index (Phi) is 7.13. The Morgan fingerprint density at radius 1 is 1.03 bits per heavy atom. The summed E-state index contributed by atoms with van der Waals surface area (Å²) in [5, 5.41) is 2.78. The lowest BCUT2D eigenvalue weighted by Gasteiger charge is -2.34. The molecule has 1 atom stereocenters. The van der Waals surface area contributed by atoms with Gasteiger partial charge in [-0.05, 0) is 17.7 Å². The summed E-state index contributed by atoms with van der Waals surface area (Å²) < 4.78 is 55.1. The second kappa shape index (κ2) is 10.1. The number of fused-ring (bicyclic) bond motifs is 1. The monoisotopic (exact) mass is 491 g/mol. The summed E-state index contributed by atoms with van der Waals surface area (Å²) in [7, 11) is -3.48. The highest BCUT2D eigenvalue weighted by Crippen LogP contribution is 2.27. The standard InChI is InChI=1S/C23H27F2N5O3S/c1-17(21-27-19-9-5-6-10-20(19)30(21)22(24)25)15-26-23(31)28-11-13-29(14-12-28)34(32,33)16-18-7-3-2-4-8-18/h2-10,17,22H,11-16H2,1H3,(H,26,31). The summed E-state index contributed by atoms with van der Waals surface area (Å²) in [6, 6.07) is 15.3. The van der Waals surface area contributed by atoms with Crippen molar-refractivity contribution in [3.63, 3.8) is 0 Å². The number of piperazine rings is 1. The number of aromatic nitrogens is 2. The third-order valence-corrected chi connectivity index (χ3v) is 7.78. The van der Waals surface area contributed by atoms with Crippen LogP contribution in [0.15, 0.2) is 54.6 Å². The number of benzene rings is 2. The number of sulfonamides is 1. The van der Waals surface area contributed by atoms with E-state index in [1.54, 1.807) is 55.5 Å². The van der Waals surface area contributed by atoms with Crippen molar-refractivity contribution in [2.45, 2.75) is 25.1 Å². The third-order valence-electron chi connectivity index (χ3n) is 5.93. The van der Waals surface area contributed by atoms with Crippen molar-refractivity contribution in [3.05, 3.63) is 66.0 Å². The van der Waals surface area contributed by atoms with Crippen molar-refractivity contribution in [2.24, 2.45) is 0 Å². The Morgan fingerprint density at radius 2 is 1.68 bits per heavy atom. The molecule has 2 aromatic carbocycles. The van der Waals surface area contributed by atoms with E-state index >= 15 is 0 Å². The lowest BCUT2D eigenvalue weighted by molar-refractivity contribution is 0.0704. The zero-order valence-corrected chi connectivity index (χ0v) is 19.6. The van der Waals surface area contributed by atoms with E-state index in [9.17, 15) is 22.0 Å². The van der Waals surface area contributed by atoms with Gasteiger partial charge in [-0.2, -0.15) is 13.1 Å². The first-order valence-electron chi connectivity index (χ1n) is 11.1. The molecule has 0 spiro atoms. The van der Waals surface area contributed by atoms with Crippen molar-refractivity contribution in [2.75, 3.05) is 32.7 Å². The summed E-state index contributed by atoms with van der Waals surface area (Å²) in [4.78, 5) is 18.5. The Hall–Kier alpha value is -3.05. The van der Waals surface area contributed by atoms with Gasteiger partial charge in [0.05, 0.1) is 16.8 Å². The minimum Gasteiger partial charge on any atom is -0.337 e. The summed E-state index contributed by atoms with van der Waals surface area (Å²) in [5.74, 6) is -0.325. The highest BCUT2D eigenvalue weighted by molar-refractivity contribution is 7.88. The number of nitrogens with zero attached hydrogens (tertiary/aromatic N) is 4. The molecule has 1 aliphatic rings. The number of carbonyl (C=O) groups excluding carboxylic acids is 1. The molecule has 0 radical (unpaired) electrons. The molecule has 1 aliphatic heterocycles. The third kappa shape index (κ3) is 5.20. The molecule has 1 unspecified atom stereocenters. The molecule has 11 heteroatoms. The Labute approximate surface area is 197 Å². The Morgan fingerprint density at radius 3 is 2.35 bits per heavy atom. The molecule has 2 heterocycles. The van der Waals surface area contributed by atoms with Crippen LogP contribution in [0.1, 0.15) is 30.8 Å². The van der Waals surface area contributed by atoms with Crippen molar-refractivity contribution in [1.29, 1.82) is 0 Å². The van der Waals surface area contributed by atoms with E-state index in [1.807, 2.05) is 6.07 Å². The first-order chi connectivity index (χ1) is 16.3. The van der Waals surface area contributed by atoms with E-state index in [2.05, 4.69) is 10.3 Å². The molecule has 3 aromatic rings. The van der Waals surface area contributed by atoms with Crippen molar-refractivity contribution in [1.82, 2.24) is 24.1 Å². The average molecular weight is 492 g/mol. The minimum absolute atomic E-state index is 0.0807. The van der Waals surface area contributed by atoms with Crippen LogP contribution in [-0.2, 0) is 15.8 Å².